The zero-order chi connectivity index (χ0) is 9.97. The molecule has 1 aliphatic rings. The monoisotopic (exact) mass is 194 g/mol. The third-order valence-electron chi connectivity index (χ3n) is 2.26. The van der Waals surface area contributed by atoms with Crippen molar-refractivity contribution in [1.29, 1.82) is 0 Å². The third-order valence-corrected chi connectivity index (χ3v) is 2.26. The summed E-state index contributed by atoms with van der Waals surface area (Å²) >= 11 is 0. The lowest BCUT2D eigenvalue weighted by Gasteiger charge is -2.12. The van der Waals surface area contributed by atoms with Gasteiger partial charge in [0, 0.05) is 0 Å². The Morgan fingerprint density at radius 3 is 2.36 bits per heavy atom. The summed E-state index contributed by atoms with van der Waals surface area (Å²) in [5, 5.41) is 0. The second-order valence-corrected chi connectivity index (χ2v) is 3.37. The quantitative estimate of drug-likeness (QED) is 0.685. The summed E-state index contributed by atoms with van der Waals surface area (Å²) in [6, 6.07) is 7.57. The average Bonchev–Trinajstić information content (AvgIpc) is 3.02. The van der Waals surface area contributed by atoms with Crippen molar-refractivity contribution < 1.29 is 14.2 Å². The normalized spacial score (nSPS) is 21.4. The molecule has 2 rings (SSSR count). The van der Waals surface area contributed by atoms with E-state index in [0.29, 0.717) is 0 Å². The van der Waals surface area contributed by atoms with Crippen molar-refractivity contribution in [3.8, 4) is 11.5 Å². The maximum absolute atomic E-state index is 5.66. The summed E-state index contributed by atoms with van der Waals surface area (Å²) in [7, 11) is 1.65. The molecule has 0 unspecified atom stereocenters. The van der Waals surface area contributed by atoms with Crippen molar-refractivity contribution in [2.45, 2.75) is 19.1 Å². The molecule has 0 spiro atoms. The van der Waals surface area contributed by atoms with Gasteiger partial charge in [-0.3, -0.25) is 0 Å². The molecule has 0 aromatic heterocycles. The van der Waals surface area contributed by atoms with Crippen LogP contribution in [0.4, 0.5) is 0 Å². The summed E-state index contributed by atoms with van der Waals surface area (Å²) in [6.07, 6.45) is 0.403. The molecule has 0 bridgehead atoms. The van der Waals surface area contributed by atoms with Crippen LogP contribution < -0.4 is 9.47 Å². The smallest absolute Gasteiger partial charge is 0.124 e. The fraction of sp³-hybridized carbons (Fsp3) is 0.455. The molecule has 76 valence electrons. The van der Waals surface area contributed by atoms with E-state index in [1.165, 1.54) is 0 Å². The van der Waals surface area contributed by atoms with Crippen LogP contribution in [0.3, 0.4) is 0 Å². The first-order valence-electron chi connectivity index (χ1n) is 4.72. The van der Waals surface area contributed by atoms with Crippen LogP contribution >= 0.6 is 0 Å². The van der Waals surface area contributed by atoms with Crippen LogP contribution in [0.5, 0.6) is 11.5 Å². The lowest BCUT2D eigenvalue weighted by Crippen LogP contribution is -2.18. The first-order chi connectivity index (χ1) is 6.79. The van der Waals surface area contributed by atoms with Crippen molar-refractivity contribution in [1.82, 2.24) is 0 Å². The number of ether oxygens (including phenoxy) is 3. The van der Waals surface area contributed by atoms with Crippen LogP contribution in [-0.2, 0) is 4.74 Å². The number of hydrogen-bond acceptors (Lipinski definition) is 3. The van der Waals surface area contributed by atoms with Crippen molar-refractivity contribution in [2.75, 3.05) is 13.7 Å². The van der Waals surface area contributed by atoms with Crippen molar-refractivity contribution in [3.63, 3.8) is 0 Å². The number of methoxy groups -OCH3 is 1. The summed E-state index contributed by atoms with van der Waals surface area (Å²) in [6.45, 7) is 2.83. The van der Waals surface area contributed by atoms with Gasteiger partial charge in [-0.2, -0.15) is 0 Å². The highest BCUT2D eigenvalue weighted by molar-refractivity contribution is 5.31. The molecular weight excluding hydrogens is 180 g/mol. The van der Waals surface area contributed by atoms with Gasteiger partial charge in [-0.05, 0) is 31.2 Å². The third kappa shape index (κ3) is 2.17. The molecule has 2 atom stereocenters. The van der Waals surface area contributed by atoms with Crippen LogP contribution in [0.2, 0.25) is 0 Å². The van der Waals surface area contributed by atoms with E-state index in [1.54, 1.807) is 7.11 Å². The van der Waals surface area contributed by atoms with Crippen molar-refractivity contribution in [2.24, 2.45) is 0 Å². The first kappa shape index (κ1) is 9.34. The lowest BCUT2D eigenvalue weighted by molar-refractivity contribution is 0.176. The number of benzene rings is 1. The Morgan fingerprint density at radius 2 is 1.86 bits per heavy atom. The number of epoxide rings is 1. The van der Waals surface area contributed by atoms with Crippen molar-refractivity contribution in [3.05, 3.63) is 24.3 Å². The molecule has 3 heteroatoms. The average molecular weight is 194 g/mol. The van der Waals surface area contributed by atoms with E-state index in [1.807, 2.05) is 31.2 Å². The van der Waals surface area contributed by atoms with Gasteiger partial charge < -0.3 is 14.2 Å². The van der Waals surface area contributed by atoms with Gasteiger partial charge in [0.05, 0.1) is 13.7 Å². The Kier molecular flexibility index (Phi) is 2.59. The zero-order valence-electron chi connectivity index (χ0n) is 8.40. The van der Waals surface area contributed by atoms with Gasteiger partial charge in [0.25, 0.3) is 0 Å². The van der Waals surface area contributed by atoms with Crippen LogP contribution in [0.15, 0.2) is 24.3 Å². The predicted molar refractivity (Wildman–Crippen MR) is 52.8 cm³/mol. The highest BCUT2D eigenvalue weighted by atomic mass is 16.6. The second kappa shape index (κ2) is 3.88. The van der Waals surface area contributed by atoms with Gasteiger partial charge >= 0.3 is 0 Å². The summed E-state index contributed by atoms with van der Waals surface area (Å²) in [4.78, 5) is 0. The Labute approximate surface area is 83.6 Å². The molecule has 1 saturated heterocycles. The van der Waals surface area contributed by atoms with Crippen molar-refractivity contribution >= 4 is 0 Å². The van der Waals surface area contributed by atoms with Gasteiger partial charge in [-0.25, -0.2) is 0 Å². The molecule has 3 nitrogen and oxygen atoms in total. The van der Waals surface area contributed by atoms with E-state index in [9.17, 15) is 0 Å². The predicted octanol–water partition coefficient (Wildman–Crippen LogP) is 1.86. The van der Waals surface area contributed by atoms with Crippen LogP contribution in [0.25, 0.3) is 0 Å². The second-order valence-electron chi connectivity index (χ2n) is 3.37. The van der Waals surface area contributed by atoms with E-state index in [-0.39, 0.29) is 12.2 Å². The minimum atomic E-state index is 0.128. The summed E-state index contributed by atoms with van der Waals surface area (Å²) in [5.41, 5.74) is 0. The molecule has 1 aromatic rings. The molecule has 1 aliphatic heterocycles. The Hall–Kier alpha value is -1.22. The van der Waals surface area contributed by atoms with Gasteiger partial charge in [0.1, 0.15) is 23.7 Å². The van der Waals surface area contributed by atoms with Gasteiger partial charge in [0.2, 0.25) is 0 Å². The maximum atomic E-state index is 5.66. The molecule has 0 radical (unpaired) electrons. The minimum absolute atomic E-state index is 0.128. The lowest BCUT2D eigenvalue weighted by atomic mass is 10.3. The highest BCUT2D eigenvalue weighted by Gasteiger charge is 2.30. The van der Waals surface area contributed by atoms with Crippen LogP contribution in [-0.4, -0.2) is 25.9 Å². The molecular formula is C11H14O3. The summed E-state index contributed by atoms with van der Waals surface area (Å²) < 4.78 is 15.8. The standard InChI is InChI=1S/C11H14O3/c1-8(11-7-13-11)14-10-5-3-9(12-2)4-6-10/h3-6,8,11H,7H2,1-2H3/t8-,11-/m1/s1. The Morgan fingerprint density at radius 1 is 1.29 bits per heavy atom. The molecule has 0 saturated carbocycles. The maximum Gasteiger partial charge on any atom is 0.124 e. The molecule has 0 N–H and O–H groups in total. The van der Waals surface area contributed by atoms with E-state index >= 15 is 0 Å². The van der Waals surface area contributed by atoms with Gasteiger partial charge in [-0.1, -0.05) is 0 Å². The highest BCUT2D eigenvalue weighted by Crippen LogP contribution is 2.22. The molecule has 14 heavy (non-hydrogen) atoms. The van der Waals surface area contributed by atoms with Gasteiger partial charge in [0.15, 0.2) is 0 Å². The SMILES string of the molecule is COc1ccc(O[C@H](C)[C@H]2CO2)cc1. The van der Waals surface area contributed by atoms with E-state index in [4.69, 9.17) is 14.2 Å². The molecule has 1 fully saturated rings. The van der Waals surface area contributed by atoms with Crippen LogP contribution in [0.1, 0.15) is 6.92 Å². The van der Waals surface area contributed by atoms with Crippen LogP contribution in [0, 0.1) is 0 Å². The fourth-order valence-corrected chi connectivity index (χ4v) is 1.27. The Bertz CT molecular complexity index is 290. The minimum Gasteiger partial charge on any atom is -0.497 e. The molecule has 0 aliphatic carbocycles. The zero-order valence-corrected chi connectivity index (χ0v) is 8.40. The van der Waals surface area contributed by atoms with E-state index in [2.05, 4.69) is 0 Å². The molecule has 1 aromatic carbocycles. The largest absolute Gasteiger partial charge is 0.497 e. The number of hydrogen-bond donors (Lipinski definition) is 0. The van der Waals surface area contributed by atoms with E-state index in [0.717, 1.165) is 18.1 Å². The Balaban J connectivity index is 1.95. The first-order valence-corrected chi connectivity index (χ1v) is 4.72. The van der Waals surface area contributed by atoms with Gasteiger partial charge in [-0.15, -0.1) is 0 Å². The molecule has 1 heterocycles. The molecule has 0 amide bonds. The summed E-state index contributed by atoms with van der Waals surface area (Å²) in [5.74, 6) is 1.70. The topological polar surface area (TPSA) is 31.0 Å². The fourth-order valence-electron chi connectivity index (χ4n) is 1.27. The number of rotatable bonds is 4. The van der Waals surface area contributed by atoms with E-state index < -0.39 is 0 Å².